The van der Waals surface area contributed by atoms with Crippen LogP contribution in [0.2, 0.25) is 0 Å². The molecule has 4 heterocycles. The van der Waals surface area contributed by atoms with Gasteiger partial charge in [0.25, 0.3) is 5.56 Å². The summed E-state index contributed by atoms with van der Waals surface area (Å²) in [6, 6.07) is 8.37. The number of imidazole rings is 1. The fraction of sp³-hybridized carbons (Fsp3) is 0.381. The highest BCUT2D eigenvalue weighted by Crippen LogP contribution is 2.37. The summed E-state index contributed by atoms with van der Waals surface area (Å²) in [7, 11) is 1.77. The molecule has 4 aromatic rings. The molecule has 0 aliphatic carbocycles. The van der Waals surface area contributed by atoms with Gasteiger partial charge >= 0.3 is 0 Å². The number of hydrogen-bond acceptors (Lipinski definition) is 7. The van der Waals surface area contributed by atoms with Crippen molar-refractivity contribution in [3.05, 3.63) is 69.6 Å². The molecule has 0 unspecified atom stereocenters. The first kappa shape index (κ1) is 18.7. The summed E-state index contributed by atoms with van der Waals surface area (Å²) < 4.78 is 14.6. The van der Waals surface area contributed by atoms with Crippen LogP contribution in [0, 0.1) is 13.8 Å². The van der Waals surface area contributed by atoms with Gasteiger partial charge in [-0.1, -0.05) is 35.0 Å². The van der Waals surface area contributed by atoms with E-state index >= 15 is 0 Å². The molecule has 1 fully saturated rings. The monoisotopic (exact) mass is 406 g/mol. The van der Waals surface area contributed by atoms with Crippen LogP contribution < -0.4 is 5.56 Å². The molecule has 0 amide bonds. The number of ether oxygens (including phenoxy) is 1. The van der Waals surface area contributed by atoms with Crippen LogP contribution in [0.4, 0.5) is 0 Å². The molecule has 154 valence electrons. The van der Waals surface area contributed by atoms with E-state index in [1.807, 2.05) is 0 Å². The van der Waals surface area contributed by atoms with E-state index in [4.69, 9.17) is 9.26 Å². The number of benzene rings is 1. The minimum absolute atomic E-state index is 0.0267. The van der Waals surface area contributed by atoms with Crippen molar-refractivity contribution in [2.75, 3.05) is 6.61 Å². The van der Waals surface area contributed by atoms with Gasteiger partial charge in [0.2, 0.25) is 5.89 Å². The fourth-order valence-corrected chi connectivity index (χ4v) is 3.87. The third-order valence-corrected chi connectivity index (χ3v) is 5.61. The van der Waals surface area contributed by atoms with E-state index in [0.717, 1.165) is 12.0 Å². The molecule has 5 rings (SSSR count). The zero-order valence-electron chi connectivity index (χ0n) is 17.1. The molecular formula is C21H22N6O3. The van der Waals surface area contributed by atoms with Crippen LogP contribution in [-0.2, 0) is 18.3 Å². The van der Waals surface area contributed by atoms with Gasteiger partial charge in [0.15, 0.2) is 17.0 Å². The minimum Gasteiger partial charge on any atom is -0.373 e. The van der Waals surface area contributed by atoms with Gasteiger partial charge < -0.3 is 13.8 Å². The van der Waals surface area contributed by atoms with Gasteiger partial charge in [-0.2, -0.15) is 4.98 Å². The van der Waals surface area contributed by atoms with E-state index < -0.39 is 0 Å². The van der Waals surface area contributed by atoms with Crippen molar-refractivity contribution >= 4 is 11.2 Å². The van der Waals surface area contributed by atoms with Gasteiger partial charge in [-0.05, 0) is 25.8 Å². The molecule has 9 heteroatoms. The van der Waals surface area contributed by atoms with Crippen LogP contribution in [0.5, 0.6) is 0 Å². The van der Waals surface area contributed by atoms with Crippen LogP contribution in [-0.4, -0.2) is 35.8 Å². The molecular weight excluding hydrogens is 384 g/mol. The van der Waals surface area contributed by atoms with Crippen molar-refractivity contribution < 1.29 is 9.26 Å². The second kappa shape index (κ2) is 7.17. The van der Waals surface area contributed by atoms with Crippen LogP contribution in [0.3, 0.4) is 0 Å². The van der Waals surface area contributed by atoms with E-state index in [9.17, 15) is 4.79 Å². The van der Waals surface area contributed by atoms with Gasteiger partial charge in [0, 0.05) is 13.0 Å². The number of fused-ring (bicyclic) bond motifs is 1. The first-order chi connectivity index (χ1) is 14.5. The molecule has 1 aliphatic heterocycles. The van der Waals surface area contributed by atoms with Gasteiger partial charge in [-0.15, -0.1) is 0 Å². The highest BCUT2D eigenvalue weighted by molar-refractivity contribution is 5.69. The Labute approximate surface area is 172 Å². The molecule has 1 aliphatic rings. The number of nitrogens with zero attached hydrogens (tertiary/aromatic N) is 6. The fourth-order valence-electron chi connectivity index (χ4n) is 3.87. The lowest BCUT2D eigenvalue weighted by molar-refractivity contribution is 0.110. The van der Waals surface area contributed by atoms with E-state index in [1.54, 1.807) is 24.9 Å². The van der Waals surface area contributed by atoms with Gasteiger partial charge in [-0.25, -0.2) is 9.97 Å². The summed E-state index contributed by atoms with van der Waals surface area (Å²) in [5.74, 6) is 1.59. The molecule has 0 bridgehead atoms. The number of aromatic nitrogens is 6. The highest BCUT2D eigenvalue weighted by Gasteiger charge is 2.31. The maximum absolute atomic E-state index is 12.9. The lowest BCUT2D eigenvalue weighted by Crippen LogP contribution is -2.25. The second-order valence-corrected chi connectivity index (χ2v) is 7.79. The summed E-state index contributed by atoms with van der Waals surface area (Å²) >= 11 is 0. The summed E-state index contributed by atoms with van der Waals surface area (Å²) in [6.45, 7) is 4.54. The molecule has 2 atom stereocenters. The topological polar surface area (TPSA) is 101 Å². The normalized spacial score (nSPS) is 19.0. The predicted octanol–water partition coefficient (Wildman–Crippen LogP) is 2.42. The molecule has 0 saturated carbocycles. The van der Waals surface area contributed by atoms with Crippen LogP contribution in [0.15, 0.2) is 39.9 Å². The van der Waals surface area contributed by atoms with Crippen molar-refractivity contribution in [1.82, 2.24) is 29.2 Å². The molecule has 0 spiro atoms. The number of rotatable bonds is 4. The van der Waals surface area contributed by atoms with Gasteiger partial charge in [-0.3, -0.25) is 9.36 Å². The maximum Gasteiger partial charge on any atom is 0.280 e. The van der Waals surface area contributed by atoms with E-state index in [0.29, 0.717) is 35.3 Å². The van der Waals surface area contributed by atoms with E-state index in [1.165, 1.54) is 10.1 Å². The van der Waals surface area contributed by atoms with Crippen LogP contribution in [0.25, 0.3) is 11.2 Å². The lowest BCUT2D eigenvalue weighted by Gasteiger charge is -2.09. The summed E-state index contributed by atoms with van der Waals surface area (Å²) in [5.41, 5.74) is 3.09. The van der Waals surface area contributed by atoms with Gasteiger partial charge in [0.05, 0.1) is 19.0 Å². The summed E-state index contributed by atoms with van der Waals surface area (Å²) in [5, 5.41) is 4.15. The van der Waals surface area contributed by atoms with Crippen molar-refractivity contribution in [2.24, 2.45) is 7.05 Å². The van der Waals surface area contributed by atoms with Crippen LogP contribution in [0.1, 0.15) is 47.1 Å². The maximum atomic E-state index is 12.9. The zero-order valence-corrected chi connectivity index (χ0v) is 17.1. The second-order valence-electron chi connectivity index (χ2n) is 7.79. The largest absolute Gasteiger partial charge is 0.373 e. The molecule has 9 nitrogen and oxygen atoms in total. The van der Waals surface area contributed by atoms with E-state index in [2.05, 4.69) is 51.3 Å². The number of aryl methyl sites for hydroxylation is 3. The minimum atomic E-state index is -0.180. The SMILES string of the molecule is Cc1ccc([C@H]2C[C@H](c3noc(Cn4c(C)nc5ncn(C)c5c4=O)n3)CO2)cc1. The number of hydrogen-bond donors (Lipinski definition) is 0. The van der Waals surface area contributed by atoms with Crippen molar-refractivity contribution in [3.8, 4) is 0 Å². The Hall–Kier alpha value is -3.33. The average Bonchev–Trinajstić information content (AvgIpc) is 3.46. The molecule has 3 aromatic heterocycles. The highest BCUT2D eigenvalue weighted by atomic mass is 16.5. The van der Waals surface area contributed by atoms with Crippen molar-refractivity contribution in [3.63, 3.8) is 0 Å². The Kier molecular flexibility index (Phi) is 4.47. The first-order valence-corrected chi connectivity index (χ1v) is 9.88. The Morgan fingerprint density at radius 3 is 2.77 bits per heavy atom. The van der Waals surface area contributed by atoms with E-state index in [-0.39, 0.29) is 24.1 Å². The Balaban J connectivity index is 1.35. The van der Waals surface area contributed by atoms with Gasteiger partial charge in [0.1, 0.15) is 12.4 Å². The van der Waals surface area contributed by atoms with Crippen molar-refractivity contribution in [2.45, 2.75) is 38.8 Å². The smallest absolute Gasteiger partial charge is 0.280 e. The Morgan fingerprint density at radius 2 is 1.97 bits per heavy atom. The molecule has 0 N–H and O–H groups in total. The zero-order chi connectivity index (χ0) is 20.8. The summed E-state index contributed by atoms with van der Waals surface area (Å²) in [6.07, 6.45) is 2.40. The quantitative estimate of drug-likeness (QED) is 0.513. The Bertz CT molecular complexity index is 1270. The summed E-state index contributed by atoms with van der Waals surface area (Å²) in [4.78, 5) is 26.0. The standard InChI is InChI=1S/C21H22N6O3/c1-12-4-6-14(7-5-12)16-8-15(10-29-16)19-24-17(30-25-19)9-27-13(2)23-20-18(21(27)28)26(3)11-22-20/h4-7,11,15-16H,8-10H2,1-3H3/t15-,16+/m0/s1. The predicted molar refractivity (Wildman–Crippen MR) is 108 cm³/mol. The Morgan fingerprint density at radius 1 is 1.17 bits per heavy atom. The lowest BCUT2D eigenvalue weighted by atomic mass is 9.99. The first-order valence-electron chi connectivity index (χ1n) is 9.88. The van der Waals surface area contributed by atoms with Crippen LogP contribution >= 0.6 is 0 Å². The molecule has 0 radical (unpaired) electrons. The van der Waals surface area contributed by atoms with Crippen molar-refractivity contribution in [1.29, 1.82) is 0 Å². The average molecular weight is 406 g/mol. The third-order valence-electron chi connectivity index (χ3n) is 5.61. The molecule has 30 heavy (non-hydrogen) atoms. The molecule has 1 saturated heterocycles. The third kappa shape index (κ3) is 3.21. The molecule has 1 aromatic carbocycles.